The third-order valence-electron chi connectivity index (χ3n) is 3.51. The Labute approximate surface area is 138 Å². The summed E-state index contributed by atoms with van der Waals surface area (Å²) in [5, 5.41) is 3.53. The van der Waals surface area contributed by atoms with E-state index in [9.17, 15) is 9.59 Å². The SMILES string of the molecule is Cc1ccc(CNC(=O)C(C)Oc2ccc3ccc(=O)oc3c2)o1. The number of carbonyl (C=O) groups is 1. The molecule has 6 nitrogen and oxygen atoms in total. The minimum atomic E-state index is -0.700. The number of fused-ring (bicyclic) bond motifs is 1. The number of ether oxygens (including phenoxy) is 1. The highest BCUT2D eigenvalue weighted by Crippen LogP contribution is 2.20. The van der Waals surface area contributed by atoms with Crippen LogP contribution in [-0.4, -0.2) is 12.0 Å². The molecule has 2 heterocycles. The number of amides is 1. The number of hydrogen-bond acceptors (Lipinski definition) is 5. The lowest BCUT2D eigenvalue weighted by atomic mass is 10.2. The average molecular weight is 327 g/mol. The van der Waals surface area contributed by atoms with Gasteiger partial charge in [-0.15, -0.1) is 0 Å². The fourth-order valence-electron chi connectivity index (χ4n) is 2.27. The normalized spacial score (nSPS) is 12.1. The van der Waals surface area contributed by atoms with Crippen molar-refractivity contribution in [2.24, 2.45) is 0 Å². The van der Waals surface area contributed by atoms with Gasteiger partial charge in [-0.2, -0.15) is 0 Å². The first-order valence-electron chi connectivity index (χ1n) is 7.55. The number of carbonyl (C=O) groups excluding carboxylic acids is 1. The summed E-state index contributed by atoms with van der Waals surface area (Å²) in [6.07, 6.45) is -0.700. The van der Waals surface area contributed by atoms with Crippen LogP contribution in [0.15, 0.2) is 56.1 Å². The molecule has 24 heavy (non-hydrogen) atoms. The van der Waals surface area contributed by atoms with Crippen molar-refractivity contribution in [1.82, 2.24) is 5.32 Å². The maximum atomic E-state index is 12.1. The summed E-state index contributed by atoms with van der Waals surface area (Å²) in [6, 6.07) is 11.8. The van der Waals surface area contributed by atoms with Crippen molar-refractivity contribution >= 4 is 16.9 Å². The Bertz CT molecular complexity index is 924. The summed E-state index contributed by atoms with van der Waals surface area (Å²) in [4.78, 5) is 23.4. The zero-order chi connectivity index (χ0) is 17.1. The highest BCUT2D eigenvalue weighted by atomic mass is 16.5. The molecule has 0 saturated heterocycles. The Hall–Kier alpha value is -3.02. The van der Waals surface area contributed by atoms with Gasteiger partial charge in [-0.25, -0.2) is 4.79 Å². The van der Waals surface area contributed by atoms with Gasteiger partial charge in [0.05, 0.1) is 6.54 Å². The highest BCUT2D eigenvalue weighted by Gasteiger charge is 2.15. The minimum Gasteiger partial charge on any atom is -0.481 e. The van der Waals surface area contributed by atoms with E-state index in [1.165, 1.54) is 6.07 Å². The molecule has 2 aromatic heterocycles. The van der Waals surface area contributed by atoms with Gasteiger partial charge >= 0.3 is 5.63 Å². The Morgan fingerprint density at radius 3 is 2.71 bits per heavy atom. The van der Waals surface area contributed by atoms with Crippen LogP contribution in [0.1, 0.15) is 18.4 Å². The molecule has 0 aliphatic rings. The summed E-state index contributed by atoms with van der Waals surface area (Å²) in [5.74, 6) is 1.66. The molecule has 1 atom stereocenters. The first-order valence-corrected chi connectivity index (χ1v) is 7.55. The van der Waals surface area contributed by atoms with Crippen molar-refractivity contribution in [3.63, 3.8) is 0 Å². The second kappa shape index (κ2) is 6.62. The van der Waals surface area contributed by atoms with Gasteiger partial charge in [0, 0.05) is 17.5 Å². The van der Waals surface area contributed by atoms with E-state index in [1.807, 2.05) is 19.1 Å². The lowest BCUT2D eigenvalue weighted by molar-refractivity contribution is -0.127. The number of aryl methyl sites for hydroxylation is 1. The molecule has 0 fully saturated rings. The van der Waals surface area contributed by atoms with Crippen LogP contribution >= 0.6 is 0 Å². The topological polar surface area (TPSA) is 81.7 Å². The molecule has 0 spiro atoms. The van der Waals surface area contributed by atoms with Gasteiger partial charge in [0.25, 0.3) is 5.91 Å². The van der Waals surface area contributed by atoms with Gasteiger partial charge in [-0.3, -0.25) is 4.79 Å². The van der Waals surface area contributed by atoms with E-state index >= 15 is 0 Å². The fourth-order valence-corrected chi connectivity index (χ4v) is 2.27. The molecule has 1 amide bonds. The molecule has 3 aromatic rings. The molecule has 0 aliphatic carbocycles. The molecule has 0 aliphatic heterocycles. The van der Waals surface area contributed by atoms with Crippen LogP contribution in [0.2, 0.25) is 0 Å². The van der Waals surface area contributed by atoms with Crippen molar-refractivity contribution in [2.45, 2.75) is 26.5 Å². The maximum Gasteiger partial charge on any atom is 0.336 e. The number of nitrogens with one attached hydrogen (secondary N) is 1. The van der Waals surface area contributed by atoms with Gasteiger partial charge in [0.1, 0.15) is 22.9 Å². The van der Waals surface area contributed by atoms with Crippen molar-refractivity contribution in [1.29, 1.82) is 0 Å². The highest BCUT2D eigenvalue weighted by molar-refractivity contribution is 5.81. The van der Waals surface area contributed by atoms with Crippen molar-refractivity contribution in [3.8, 4) is 5.75 Å². The van der Waals surface area contributed by atoms with Crippen molar-refractivity contribution in [2.75, 3.05) is 0 Å². The van der Waals surface area contributed by atoms with Crippen LogP contribution in [0.3, 0.4) is 0 Å². The largest absolute Gasteiger partial charge is 0.481 e. The third-order valence-corrected chi connectivity index (χ3v) is 3.51. The quantitative estimate of drug-likeness (QED) is 0.729. The molecular formula is C18H17NO5. The van der Waals surface area contributed by atoms with E-state index in [0.29, 0.717) is 23.6 Å². The zero-order valence-corrected chi connectivity index (χ0v) is 13.4. The number of hydrogen-bond donors (Lipinski definition) is 1. The molecule has 1 N–H and O–H groups in total. The molecule has 0 radical (unpaired) electrons. The van der Waals surface area contributed by atoms with Crippen LogP contribution in [-0.2, 0) is 11.3 Å². The van der Waals surface area contributed by atoms with E-state index in [1.54, 1.807) is 31.2 Å². The Morgan fingerprint density at radius 2 is 1.96 bits per heavy atom. The summed E-state index contributed by atoms with van der Waals surface area (Å²) in [7, 11) is 0. The average Bonchev–Trinajstić information content (AvgIpc) is 2.97. The van der Waals surface area contributed by atoms with Gasteiger partial charge in [-0.1, -0.05) is 0 Å². The molecule has 0 bridgehead atoms. The standard InChI is InChI=1S/C18H17NO5/c1-11-3-6-15(22-11)10-19-18(21)12(2)23-14-7-4-13-5-8-17(20)24-16(13)9-14/h3-9,12H,10H2,1-2H3,(H,19,21). The predicted molar refractivity (Wildman–Crippen MR) is 87.9 cm³/mol. The minimum absolute atomic E-state index is 0.265. The monoisotopic (exact) mass is 327 g/mol. The summed E-state index contributed by atoms with van der Waals surface area (Å²) < 4.78 is 16.1. The lowest BCUT2D eigenvalue weighted by Gasteiger charge is -2.14. The summed E-state index contributed by atoms with van der Waals surface area (Å²) in [6.45, 7) is 3.79. The first-order chi connectivity index (χ1) is 11.5. The molecule has 124 valence electrons. The summed E-state index contributed by atoms with van der Waals surface area (Å²) >= 11 is 0. The summed E-state index contributed by atoms with van der Waals surface area (Å²) in [5.41, 5.74) is -0.0159. The Balaban J connectivity index is 1.64. The van der Waals surface area contributed by atoms with Crippen LogP contribution in [0, 0.1) is 6.92 Å². The van der Waals surface area contributed by atoms with Crippen molar-refractivity contribution < 1.29 is 18.4 Å². The van der Waals surface area contributed by atoms with E-state index < -0.39 is 11.7 Å². The van der Waals surface area contributed by atoms with E-state index in [0.717, 1.165) is 11.1 Å². The van der Waals surface area contributed by atoms with E-state index in [2.05, 4.69) is 5.32 Å². The van der Waals surface area contributed by atoms with Crippen LogP contribution in [0.5, 0.6) is 5.75 Å². The maximum absolute atomic E-state index is 12.1. The Morgan fingerprint density at radius 1 is 1.17 bits per heavy atom. The molecule has 3 rings (SSSR count). The van der Waals surface area contributed by atoms with Crippen molar-refractivity contribution in [3.05, 3.63) is 64.4 Å². The third kappa shape index (κ3) is 3.65. The molecule has 1 aromatic carbocycles. The second-order valence-corrected chi connectivity index (χ2v) is 5.44. The van der Waals surface area contributed by atoms with E-state index in [4.69, 9.17) is 13.6 Å². The van der Waals surface area contributed by atoms with Crippen LogP contribution in [0.4, 0.5) is 0 Å². The predicted octanol–water partition coefficient (Wildman–Crippen LogP) is 2.78. The second-order valence-electron chi connectivity index (χ2n) is 5.44. The van der Waals surface area contributed by atoms with Crippen LogP contribution < -0.4 is 15.7 Å². The molecule has 6 heteroatoms. The first kappa shape index (κ1) is 15.9. The lowest BCUT2D eigenvalue weighted by Crippen LogP contribution is -2.35. The van der Waals surface area contributed by atoms with Gasteiger partial charge in [0.15, 0.2) is 6.10 Å². The number of benzene rings is 1. The molecule has 1 unspecified atom stereocenters. The molecular weight excluding hydrogens is 310 g/mol. The van der Waals surface area contributed by atoms with Gasteiger partial charge < -0.3 is 18.9 Å². The number of furan rings is 1. The molecule has 0 saturated carbocycles. The Kier molecular flexibility index (Phi) is 4.37. The number of rotatable bonds is 5. The zero-order valence-electron chi connectivity index (χ0n) is 13.4. The van der Waals surface area contributed by atoms with Crippen LogP contribution in [0.25, 0.3) is 11.0 Å². The smallest absolute Gasteiger partial charge is 0.336 e. The van der Waals surface area contributed by atoms with Gasteiger partial charge in [-0.05, 0) is 44.2 Å². The van der Waals surface area contributed by atoms with Gasteiger partial charge in [0.2, 0.25) is 0 Å². The fraction of sp³-hybridized carbons (Fsp3) is 0.222. The van der Waals surface area contributed by atoms with E-state index in [-0.39, 0.29) is 5.91 Å².